The number of aryl methyl sites for hydroxylation is 1. The average molecular weight is 486 g/mol. The lowest BCUT2D eigenvalue weighted by molar-refractivity contribution is -0.122. The van der Waals surface area contributed by atoms with E-state index in [0.717, 1.165) is 16.7 Å². The Morgan fingerprint density at radius 2 is 1.62 bits per heavy atom. The van der Waals surface area contributed by atoms with Crippen molar-refractivity contribution >= 4 is 40.7 Å². The summed E-state index contributed by atoms with van der Waals surface area (Å²) in [6, 6.07) is 20.4. The predicted molar refractivity (Wildman–Crippen MR) is 129 cm³/mol. The van der Waals surface area contributed by atoms with Crippen molar-refractivity contribution in [1.29, 1.82) is 0 Å². The number of halogens is 3. The zero-order chi connectivity index (χ0) is 22.7. The van der Waals surface area contributed by atoms with Crippen molar-refractivity contribution in [3.8, 4) is 22.5 Å². The highest BCUT2D eigenvalue weighted by Gasteiger charge is 2.19. The van der Waals surface area contributed by atoms with E-state index >= 15 is 0 Å². The standard InChI is InChI=1S/C24H19Cl3N4O/c1-15-3-2-4-16(11-15)13-28-22(32)14-31-29-23(17-5-7-18(25)8-6-17)24(30-31)20-10-9-19(26)12-21(20)27/h2-12H,13-14H2,1H3,(H,28,32). The van der Waals surface area contributed by atoms with E-state index in [2.05, 4.69) is 15.5 Å². The molecule has 1 N–H and O–H groups in total. The molecule has 0 unspecified atom stereocenters. The van der Waals surface area contributed by atoms with Gasteiger partial charge < -0.3 is 5.32 Å². The summed E-state index contributed by atoms with van der Waals surface area (Å²) in [5, 5.41) is 13.6. The summed E-state index contributed by atoms with van der Waals surface area (Å²) in [6.07, 6.45) is 0. The second-order valence-electron chi connectivity index (χ2n) is 7.32. The van der Waals surface area contributed by atoms with Crippen LogP contribution in [0.4, 0.5) is 0 Å². The molecule has 162 valence electrons. The quantitative estimate of drug-likeness (QED) is 0.354. The Bertz CT molecular complexity index is 1270. The maximum absolute atomic E-state index is 12.5. The van der Waals surface area contributed by atoms with Gasteiger partial charge in [-0.15, -0.1) is 0 Å². The predicted octanol–water partition coefficient (Wildman–Crippen LogP) is 6.20. The van der Waals surface area contributed by atoms with Crippen molar-refractivity contribution < 1.29 is 4.79 Å². The Balaban J connectivity index is 1.61. The van der Waals surface area contributed by atoms with Gasteiger partial charge in [-0.2, -0.15) is 15.0 Å². The van der Waals surface area contributed by atoms with Crippen LogP contribution in [0.3, 0.4) is 0 Å². The van der Waals surface area contributed by atoms with Crippen LogP contribution in [0, 0.1) is 6.92 Å². The second-order valence-corrected chi connectivity index (χ2v) is 8.60. The zero-order valence-electron chi connectivity index (χ0n) is 17.1. The molecule has 4 aromatic rings. The smallest absolute Gasteiger partial charge is 0.243 e. The molecule has 0 saturated heterocycles. The van der Waals surface area contributed by atoms with Gasteiger partial charge in [0.1, 0.15) is 17.9 Å². The highest BCUT2D eigenvalue weighted by molar-refractivity contribution is 6.36. The summed E-state index contributed by atoms with van der Waals surface area (Å²) in [5.74, 6) is -0.196. The first-order valence-corrected chi connectivity index (χ1v) is 11.0. The Morgan fingerprint density at radius 1 is 0.906 bits per heavy atom. The summed E-state index contributed by atoms with van der Waals surface area (Å²) in [7, 11) is 0. The molecular formula is C24H19Cl3N4O. The molecule has 3 aromatic carbocycles. The lowest BCUT2D eigenvalue weighted by Gasteiger charge is -2.05. The van der Waals surface area contributed by atoms with Gasteiger partial charge in [0.2, 0.25) is 5.91 Å². The molecule has 1 amide bonds. The summed E-state index contributed by atoms with van der Waals surface area (Å²) in [5.41, 5.74) is 4.80. The van der Waals surface area contributed by atoms with Crippen LogP contribution in [-0.4, -0.2) is 20.9 Å². The second kappa shape index (κ2) is 9.74. The third kappa shape index (κ3) is 5.30. The average Bonchev–Trinajstić information content (AvgIpc) is 3.16. The topological polar surface area (TPSA) is 59.8 Å². The summed E-state index contributed by atoms with van der Waals surface area (Å²) >= 11 is 18.5. The number of hydrogen-bond acceptors (Lipinski definition) is 3. The molecule has 0 atom stereocenters. The van der Waals surface area contributed by atoms with Crippen molar-refractivity contribution in [1.82, 2.24) is 20.3 Å². The van der Waals surface area contributed by atoms with Gasteiger partial charge in [0.05, 0.1) is 5.02 Å². The normalized spacial score (nSPS) is 10.9. The molecule has 1 aromatic heterocycles. The fourth-order valence-corrected chi connectivity index (χ4v) is 3.91. The Kier molecular flexibility index (Phi) is 6.80. The summed E-state index contributed by atoms with van der Waals surface area (Å²) in [4.78, 5) is 13.9. The third-order valence-corrected chi connectivity index (χ3v) is 5.62. The van der Waals surface area contributed by atoms with Gasteiger partial charge in [-0.1, -0.05) is 76.8 Å². The number of nitrogens with one attached hydrogen (secondary N) is 1. The first-order valence-electron chi connectivity index (χ1n) is 9.88. The number of nitrogens with zero attached hydrogens (tertiary/aromatic N) is 3. The number of aromatic nitrogens is 3. The molecule has 4 rings (SSSR count). The summed E-state index contributed by atoms with van der Waals surface area (Å²) in [6.45, 7) is 2.42. The molecule has 0 aliphatic carbocycles. The lowest BCUT2D eigenvalue weighted by Crippen LogP contribution is -2.28. The number of benzene rings is 3. The van der Waals surface area contributed by atoms with Crippen LogP contribution >= 0.6 is 34.8 Å². The van der Waals surface area contributed by atoms with E-state index < -0.39 is 0 Å². The van der Waals surface area contributed by atoms with Crippen LogP contribution in [-0.2, 0) is 17.9 Å². The number of hydrogen-bond donors (Lipinski definition) is 1. The minimum atomic E-state index is -0.196. The highest BCUT2D eigenvalue weighted by atomic mass is 35.5. The number of carbonyl (C=O) groups excluding carboxylic acids is 1. The fourth-order valence-electron chi connectivity index (χ4n) is 3.29. The molecular weight excluding hydrogens is 467 g/mol. The molecule has 8 heteroatoms. The van der Waals surface area contributed by atoms with Gasteiger partial charge in [0, 0.05) is 27.7 Å². The largest absolute Gasteiger partial charge is 0.350 e. The van der Waals surface area contributed by atoms with E-state index in [9.17, 15) is 4.79 Å². The SMILES string of the molecule is Cc1cccc(CNC(=O)Cn2nc(-c3ccc(Cl)cc3)c(-c3ccc(Cl)cc3Cl)n2)c1. The molecule has 32 heavy (non-hydrogen) atoms. The molecule has 0 bridgehead atoms. The Labute approximate surface area is 200 Å². The fraction of sp³-hybridized carbons (Fsp3) is 0.125. The van der Waals surface area contributed by atoms with Crippen LogP contribution in [0.15, 0.2) is 66.7 Å². The van der Waals surface area contributed by atoms with Gasteiger partial charge >= 0.3 is 0 Å². The Hall–Kier alpha value is -2.86. The van der Waals surface area contributed by atoms with E-state index in [4.69, 9.17) is 34.8 Å². The first-order chi connectivity index (χ1) is 15.4. The molecule has 0 aliphatic rings. The van der Waals surface area contributed by atoms with Gasteiger partial charge in [-0.05, 0) is 42.8 Å². The molecule has 0 fully saturated rings. The monoisotopic (exact) mass is 484 g/mol. The number of rotatable bonds is 6. The molecule has 0 spiro atoms. The lowest BCUT2D eigenvalue weighted by atomic mass is 10.1. The van der Waals surface area contributed by atoms with Crippen LogP contribution in [0.25, 0.3) is 22.5 Å². The highest BCUT2D eigenvalue weighted by Crippen LogP contribution is 2.35. The van der Waals surface area contributed by atoms with Crippen molar-refractivity contribution in [2.45, 2.75) is 20.0 Å². The molecule has 5 nitrogen and oxygen atoms in total. The summed E-state index contributed by atoms with van der Waals surface area (Å²) < 4.78 is 0. The van der Waals surface area contributed by atoms with Crippen molar-refractivity contribution in [2.75, 3.05) is 0 Å². The number of amides is 1. The molecule has 1 heterocycles. The van der Waals surface area contributed by atoms with Gasteiger partial charge in [0.15, 0.2) is 0 Å². The van der Waals surface area contributed by atoms with E-state index in [1.165, 1.54) is 4.80 Å². The van der Waals surface area contributed by atoms with Crippen molar-refractivity contribution in [3.63, 3.8) is 0 Å². The first kappa shape index (κ1) is 22.3. The number of carbonyl (C=O) groups is 1. The maximum Gasteiger partial charge on any atom is 0.243 e. The zero-order valence-corrected chi connectivity index (χ0v) is 19.4. The molecule has 0 aliphatic heterocycles. The minimum Gasteiger partial charge on any atom is -0.350 e. The van der Waals surface area contributed by atoms with Gasteiger partial charge in [0.25, 0.3) is 0 Å². The van der Waals surface area contributed by atoms with Gasteiger partial charge in [-0.3, -0.25) is 4.79 Å². The van der Waals surface area contributed by atoms with Crippen LogP contribution < -0.4 is 5.32 Å². The maximum atomic E-state index is 12.5. The van der Waals surface area contributed by atoms with E-state index in [1.807, 2.05) is 43.3 Å². The van der Waals surface area contributed by atoms with Crippen LogP contribution in [0.5, 0.6) is 0 Å². The molecule has 0 saturated carbocycles. The molecule has 0 radical (unpaired) electrons. The van der Waals surface area contributed by atoms with Crippen LogP contribution in [0.1, 0.15) is 11.1 Å². The van der Waals surface area contributed by atoms with Crippen molar-refractivity contribution in [3.05, 3.63) is 92.9 Å². The third-order valence-electron chi connectivity index (χ3n) is 4.82. The van der Waals surface area contributed by atoms with Crippen molar-refractivity contribution in [2.24, 2.45) is 0 Å². The Morgan fingerprint density at radius 3 is 2.34 bits per heavy atom. The van der Waals surface area contributed by atoms with Crippen LogP contribution in [0.2, 0.25) is 15.1 Å². The van der Waals surface area contributed by atoms with E-state index in [-0.39, 0.29) is 12.5 Å². The van der Waals surface area contributed by atoms with Gasteiger partial charge in [-0.25, -0.2) is 0 Å². The van der Waals surface area contributed by atoms with E-state index in [1.54, 1.807) is 30.3 Å². The van der Waals surface area contributed by atoms with E-state index in [0.29, 0.717) is 38.6 Å². The minimum absolute atomic E-state index is 0.0301.